The van der Waals surface area contributed by atoms with Gasteiger partial charge in [-0.15, -0.1) is 45.5 Å². The topological polar surface area (TPSA) is 79.5 Å². The Hall–Kier alpha value is -1.75. The Labute approximate surface area is 168 Å². The maximum Gasteiger partial charge on any atom is 0.191 e. The van der Waals surface area contributed by atoms with Crippen LogP contribution in [0, 0.1) is 6.92 Å². The largest absolute Gasteiger partial charge is 0.356 e. The summed E-state index contributed by atoms with van der Waals surface area (Å²) in [6.45, 7) is 3.62. The van der Waals surface area contributed by atoms with Gasteiger partial charge in [-0.3, -0.25) is 9.39 Å². The number of fused-ring (bicyclic) bond motifs is 1. The summed E-state index contributed by atoms with van der Waals surface area (Å²) < 4.78 is 2.00. The Morgan fingerprint density at radius 2 is 2.00 bits per heavy atom. The Morgan fingerprint density at radius 3 is 2.72 bits per heavy atom. The first-order chi connectivity index (χ1) is 11.8. The van der Waals surface area contributed by atoms with Crippen LogP contribution in [0.1, 0.15) is 15.7 Å². The number of hydrogen-bond donors (Lipinski definition) is 2. The highest BCUT2D eigenvalue weighted by molar-refractivity contribution is 14.0. The van der Waals surface area contributed by atoms with Gasteiger partial charge in [0.1, 0.15) is 5.82 Å². The summed E-state index contributed by atoms with van der Waals surface area (Å²) in [6, 6.07) is 5.89. The van der Waals surface area contributed by atoms with Gasteiger partial charge < -0.3 is 10.6 Å². The fraction of sp³-hybridized carbons (Fsp3) is 0.375. The molecule has 0 radical (unpaired) electrons. The highest BCUT2D eigenvalue weighted by atomic mass is 127. The fourth-order valence-electron chi connectivity index (χ4n) is 2.38. The lowest BCUT2D eigenvalue weighted by Gasteiger charge is -2.10. The second-order valence-corrected chi connectivity index (χ2v) is 6.65. The first-order valence-corrected chi connectivity index (χ1v) is 8.72. The van der Waals surface area contributed by atoms with E-state index < -0.39 is 0 Å². The first-order valence-electron chi connectivity index (χ1n) is 7.91. The van der Waals surface area contributed by atoms with Crippen LogP contribution in [-0.4, -0.2) is 45.7 Å². The second-order valence-electron chi connectivity index (χ2n) is 5.34. The monoisotopic (exact) mass is 471 g/mol. The van der Waals surface area contributed by atoms with Crippen LogP contribution in [0.15, 0.2) is 35.6 Å². The van der Waals surface area contributed by atoms with Gasteiger partial charge in [-0.25, -0.2) is 4.98 Å². The number of aromatic nitrogens is 4. The summed E-state index contributed by atoms with van der Waals surface area (Å²) in [7, 11) is 1.77. The third kappa shape index (κ3) is 5.36. The molecule has 0 fully saturated rings. The van der Waals surface area contributed by atoms with E-state index in [1.54, 1.807) is 18.4 Å². The molecule has 7 nitrogen and oxygen atoms in total. The molecule has 0 unspecified atom stereocenters. The molecule has 0 aliphatic rings. The van der Waals surface area contributed by atoms with E-state index in [0.29, 0.717) is 0 Å². The molecule has 3 aromatic heterocycles. The minimum absolute atomic E-state index is 0. The summed E-state index contributed by atoms with van der Waals surface area (Å²) in [5, 5.41) is 16.1. The van der Waals surface area contributed by atoms with Gasteiger partial charge in [0.2, 0.25) is 0 Å². The van der Waals surface area contributed by atoms with Crippen molar-refractivity contribution in [2.45, 2.75) is 19.8 Å². The van der Waals surface area contributed by atoms with Crippen LogP contribution < -0.4 is 10.6 Å². The molecule has 0 spiro atoms. The molecule has 3 aromatic rings. The van der Waals surface area contributed by atoms with Gasteiger partial charge in [0, 0.05) is 50.2 Å². The zero-order valence-corrected chi connectivity index (χ0v) is 17.4. The Morgan fingerprint density at radius 1 is 1.20 bits per heavy atom. The predicted octanol–water partition coefficient (Wildman–Crippen LogP) is 2.06. The van der Waals surface area contributed by atoms with E-state index in [1.165, 1.54) is 4.88 Å². The van der Waals surface area contributed by atoms with Crippen molar-refractivity contribution in [3.63, 3.8) is 0 Å². The van der Waals surface area contributed by atoms with Crippen molar-refractivity contribution in [2.75, 3.05) is 20.1 Å². The second kappa shape index (κ2) is 9.66. The zero-order chi connectivity index (χ0) is 16.8. The molecule has 9 heteroatoms. The highest BCUT2D eigenvalue weighted by Gasteiger charge is 2.05. The Kier molecular flexibility index (Phi) is 7.56. The minimum atomic E-state index is 0. The summed E-state index contributed by atoms with van der Waals surface area (Å²) in [6.07, 6.45) is 5.56. The summed E-state index contributed by atoms with van der Waals surface area (Å²) >= 11 is 1.73. The predicted molar refractivity (Wildman–Crippen MR) is 112 cm³/mol. The number of aryl methyl sites for hydroxylation is 1. The number of halogens is 1. The Balaban J connectivity index is 0.00000225. The van der Waals surface area contributed by atoms with Crippen LogP contribution in [0.3, 0.4) is 0 Å². The van der Waals surface area contributed by atoms with E-state index in [4.69, 9.17) is 0 Å². The highest BCUT2D eigenvalue weighted by Crippen LogP contribution is 2.10. The standard InChI is InChI=1S/C16H21N7S.HI/c1-12-11-20-15(24-12)7-9-19-16(17-2)18-8-6-14-22-21-13-5-3-4-10-23(13)14;/h3-5,10-11H,6-9H2,1-2H3,(H2,17,18,19);1H. The van der Waals surface area contributed by atoms with E-state index in [2.05, 4.69) is 37.7 Å². The van der Waals surface area contributed by atoms with Gasteiger partial charge in [-0.05, 0) is 19.1 Å². The van der Waals surface area contributed by atoms with Crippen molar-refractivity contribution in [1.82, 2.24) is 30.2 Å². The molecule has 0 aromatic carbocycles. The molecular weight excluding hydrogens is 449 g/mol. The quantitative estimate of drug-likeness (QED) is 0.327. The Bertz CT molecular complexity index is 827. The van der Waals surface area contributed by atoms with Crippen LogP contribution in [0.5, 0.6) is 0 Å². The number of nitrogens with zero attached hydrogens (tertiary/aromatic N) is 5. The lowest BCUT2D eigenvalue weighted by molar-refractivity contribution is 0.755. The van der Waals surface area contributed by atoms with E-state index >= 15 is 0 Å². The van der Waals surface area contributed by atoms with Crippen LogP contribution in [0.2, 0.25) is 0 Å². The van der Waals surface area contributed by atoms with E-state index in [0.717, 1.165) is 48.4 Å². The summed E-state index contributed by atoms with van der Waals surface area (Å²) in [5.74, 6) is 1.73. The summed E-state index contributed by atoms with van der Waals surface area (Å²) in [4.78, 5) is 9.85. The number of pyridine rings is 1. The van der Waals surface area contributed by atoms with Gasteiger partial charge in [0.15, 0.2) is 11.6 Å². The number of hydrogen-bond acceptors (Lipinski definition) is 5. The van der Waals surface area contributed by atoms with Crippen LogP contribution in [0.4, 0.5) is 0 Å². The van der Waals surface area contributed by atoms with Gasteiger partial charge >= 0.3 is 0 Å². The summed E-state index contributed by atoms with van der Waals surface area (Å²) in [5.41, 5.74) is 0.869. The van der Waals surface area contributed by atoms with Crippen molar-refractivity contribution in [1.29, 1.82) is 0 Å². The van der Waals surface area contributed by atoms with Gasteiger partial charge in [-0.2, -0.15) is 0 Å². The number of guanidine groups is 1. The number of aliphatic imine (C=N–C) groups is 1. The molecule has 0 saturated carbocycles. The molecule has 25 heavy (non-hydrogen) atoms. The molecule has 134 valence electrons. The van der Waals surface area contributed by atoms with Crippen LogP contribution in [-0.2, 0) is 12.8 Å². The molecule has 0 saturated heterocycles. The molecule has 3 heterocycles. The van der Waals surface area contributed by atoms with Gasteiger partial charge in [0.25, 0.3) is 0 Å². The number of rotatable bonds is 6. The SMILES string of the molecule is CN=C(NCCc1ncc(C)s1)NCCc1nnc2ccccn12.I. The van der Waals surface area contributed by atoms with E-state index in [-0.39, 0.29) is 24.0 Å². The third-order valence-corrected chi connectivity index (χ3v) is 4.52. The average molecular weight is 471 g/mol. The van der Waals surface area contributed by atoms with Crippen molar-refractivity contribution in [3.05, 3.63) is 46.3 Å². The molecule has 0 aliphatic carbocycles. The molecule has 0 amide bonds. The molecule has 0 bridgehead atoms. The zero-order valence-electron chi connectivity index (χ0n) is 14.3. The molecule has 3 rings (SSSR count). The van der Waals surface area contributed by atoms with E-state index in [1.807, 2.05) is 35.0 Å². The normalized spacial score (nSPS) is 11.4. The first kappa shape index (κ1) is 19.6. The maximum absolute atomic E-state index is 4.36. The lowest BCUT2D eigenvalue weighted by Crippen LogP contribution is -2.39. The minimum Gasteiger partial charge on any atom is -0.356 e. The average Bonchev–Trinajstić information content (AvgIpc) is 3.20. The van der Waals surface area contributed by atoms with Gasteiger partial charge in [0.05, 0.1) is 5.01 Å². The molecular formula is C16H22IN7S. The van der Waals surface area contributed by atoms with Crippen molar-refractivity contribution >= 4 is 46.9 Å². The fourth-order valence-corrected chi connectivity index (χ4v) is 3.17. The van der Waals surface area contributed by atoms with Crippen molar-refractivity contribution in [3.8, 4) is 0 Å². The molecule has 0 aliphatic heterocycles. The number of thiazole rings is 1. The van der Waals surface area contributed by atoms with E-state index in [9.17, 15) is 0 Å². The molecule has 0 atom stereocenters. The molecule has 2 N–H and O–H groups in total. The number of nitrogens with one attached hydrogen (secondary N) is 2. The smallest absolute Gasteiger partial charge is 0.191 e. The maximum atomic E-state index is 4.36. The van der Waals surface area contributed by atoms with Crippen molar-refractivity contribution in [2.24, 2.45) is 4.99 Å². The van der Waals surface area contributed by atoms with Crippen LogP contribution >= 0.6 is 35.3 Å². The lowest BCUT2D eigenvalue weighted by atomic mass is 10.4. The van der Waals surface area contributed by atoms with Crippen molar-refractivity contribution < 1.29 is 0 Å². The van der Waals surface area contributed by atoms with Crippen LogP contribution in [0.25, 0.3) is 5.65 Å². The third-order valence-electron chi connectivity index (χ3n) is 3.55. The van der Waals surface area contributed by atoms with Gasteiger partial charge in [-0.1, -0.05) is 6.07 Å².